The van der Waals surface area contributed by atoms with E-state index >= 15 is 0 Å². The first kappa shape index (κ1) is 11.3. The van der Waals surface area contributed by atoms with Gasteiger partial charge < -0.3 is 4.43 Å². The summed E-state index contributed by atoms with van der Waals surface area (Å²) in [6.45, 7) is 16.4. The Balaban J connectivity index is 3.08. The Morgan fingerprint density at radius 1 is 1.15 bits per heavy atom. The molecular formula is C11H24OSi. The van der Waals surface area contributed by atoms with Gasteiger partial charge in [-0.1, -0.05) is 34.6 Å². The maximum Gasteiger partial charge on any atom is 0.193 e. The van der Waals surface area contributed by atoms with Gasteiger partial charge in [0.25, 0.3) is 0 Å². The topological polar surface area (TPSA) is 9.23 Å². The van der Waals surface area contributed by atoms with Crippen molar-refractivity contribution in [3.05, 3.63) is 0 Å². The van der Waals surface area contributed by atoms with Gasteiger partial charge in [0.05, 0.1) is 6.10 Å². The van der Waals surface area contributed by atoms with Gasteiger partial charge in [-0.15, -0.1) is 0 Å². The van der Waals surface area contributed by atoms with E-state index in [-0.39, 0.29) is 0 Å². The minimum absolute atomic E-state index is 0.331. The molecule has 1 aliphatic rings. The van der Waals surface area contributed by atoms with E-state index in [4.69, 9.17) is 4.43 Å². The van der Waals surface area contributed by atoms with Crippen LogP contribution < -0.4 is 0 Å². The van der Waals surface area contributed by atoms with Crippen molar-refractivity contribution < 1.29 is 4.43 Å². The molecule has 0 spiro atoms. The normalized spacial score (nSPS) is 34.8. The van der Waals surface area contributed by atoms with E-state index in [9.17, 15) is 0 Å². The van der Waals surface area contributed by atoms with Crippen LogP contribution in [0.15, 0.2) is 0 Å². The fourth-order valence-electron chi connectivity index (χ4n) is 2.42. The van der Waals surface area contributed by atoms with Gasteiger partial charge in [0.1, 0.15) is 0 Å². The summed E-state index contributed by atoms with van der Waals surface area (Å²) in [5.74, 6) is 0. The summed E-state index contributed by atoms with van der Waals surface area (Å²) in [6, 6.07) is 0. The number of hydrogen-bond acceptors (Lipinski definition) is 1. The molecule has 78 valence electrons. The molecular weight excluding hydrogens is 176 g/mol. The van der Waals surface area contributed by atoms with Crippen LogP contribution in [0.25, 0.3) is 0 Å². The van der Waals surface area contributed by atoms with Crippen LogP contribution >= 0.6 is 0 Å². The lowest BCUT2D eigenvalue weighted by atomic mass is 9.74. The molecule has 1 saturated heterocycles. The van der Waals surface area contributed by atoms with Gasteiger partial charge in [-0.2, -0.15) is 0 Å². The second kappa shape index (κ2) is 2.83. The monoisotopic (exact) mass is 200 g/mol. The first-order valence-electron chi connectivity index (χ1n) is 5.34. The minimum Gasteiger partial charge on any atom is -0.413 e. The van der Waals surface area contributed by atoms with Gasteiger partial charge in [-0.05, 0) is 30.0 Å². The molecule has 0 radical (unpaired) electrons. The van der Waals surface area contributed by atoms with E-state index in [1.54, 1.807) is 0 Å². The summed E-state index contributed by atoms with van der Waals surface area (Å²) in [5.41, 5.74) is 0.331. The van der Waals surface area contributed by atoms with E-state index < -0.39 is 8.32 Å². The maximum absolute atomic E-state index is 6.27. The van der Waals surface area contributed by atoms with Gasteiger partial charge in [0, 0.05) is 0 Å². The highest BCUT2D eigenvalue weighted by Gasteiger charge is 2.60. The molecule has 1 aliphatic heterocycles. The summed E-state index contributed by atoms with van der Waals surface area (Å²) in [4.78, 5) is 0. The zero-order valence-electron chi connectivity index (χ0n) is 10.2. The van der Waals surface area contributed by atoms with E-state index in [1.165, 1.54) is 0 Å². The summed E-state index contributed by atoms with van der Waals surface area (Å²) in [7, 11) is -1.49. The van der Waals surface area contributed by atoms with Crippen molar-refractivity contribution in [2.24, 2.45) is 5.41 Å². The molecule has 0 saturated carbocycles. The van der Waals surface area contributed by atoms with E-state index in [1.807, 2.05) is 0 Å². The molecule has 0 N–H and O–H groups in total. The van der Waals surface area contributed by atoms with Crippen molar-refractivity contribution in [1.29, 1.82) is 0 Å². The van der Waals surface area contributed by atoms with Gasteiger partial charge in [-0.25, -0.2) is 0 Å². The Labute approximate surface area is 84.0 Å². The standard InChI is InChI=1S/C11H24OSi/c1-8-9-10(2,3)11(4,5)13(6,7)12-9/h9H,8H2,1-7H3. The molecule has 0 amide bonds. The van der Waals surface area contributed by atoms with E-state index in [2.05, 4.69) is 47.7 Å². The number of hydrogen-bond donors (Lipinski definition) is 0. The molecule has 1 rings (SSSR count). The van der Waals surface area contributed by atoms with Crippen LogP contribution in [-0.2, 0) is 4.43 Å². The molecule has 1 heterocycles. The Morgan fingerprint density at radius 3 is 1.77 bits per heavy atom. The zero-order valence-corrected chi connectivity index (χ0v) is 11.2. The second-order valence-electron chi connectivity index (χ2n) is 5.87. The number of rotatable bonds is 1. The van der Waals surface area contributed by atoms with Crippen LogP contribution in [0.2, 0.25) is 18.1 Å². The fourth-order valence-corrected chi connectivity index (χ4v) is 5.60. The molecule has 0 aliphatic carbocycles. The van der Waals surface area contributed by atoms with Crippen LogP contribution in [0.4, 0.5) is 0 Å². The summed E-state index contributed by atoms with van der Waals surface area (Å²) < 4.78 is 6.27. The first-order chi connectivity index (χ1) is 5.67. The summed E-state index contributed by atoms with van der Waals surface area (Å²) in [6.07, 6.45) is 1.61. The highest BCUT2D eigenvalue weighted by molar-refractivity contribution is 6.75. The molecule has 1 unspecified atom stereocenters. The average molecular weight is 200 g/mol. The Hall–Kier alpha value is 0.177. The van der Waals surface area contributed by atoms with Crippen molar-refractivity contribution in [1.82, 2.24) is 0 Å². The van der Waals surface area contributed by atoms with Crippen LogP contribution in [0.1, 0.15) is 41.0 Å². The van der Waals surface area contributed by atoms with Gasteiger partial charge in [-0.3, -0.25) is 0 Å². The van der Waals surface area contributed by atoms with Crippen LogP contribution in [0.3, 0.4) is 0 Å². The quantitative estimate of drug-likeness (QED) is 0.585. The minimum atomic E-state index is -1.49. The first-order valence-corrected chi connectivity index (χ1v) is 8.25. The Morgan fingerprint density at radius 2 is 1.62 bits per heavy atom. The van der Waals surface area contributed by atoms with Crippen LogP contribution in [0, 0.1) is 5.41 Å². The second-order valence-corrected chi connectivity index (χ2v) is 10.4. The third-order valence-corrected chi connectivity index (χ3v) is 9.26. The highest BCUT2D eigenvalue weighted by Crippen LogP contribution is 2.61. The molecule has 1 nitrogen and oxygen atoms in total. The predicted octanol–water partition coefficient (Wildman–Crippen LogP) is 3.81. The Kier molecular flexibility index (Phi) is 2.45. The fraction of sp³-hybridized carbons (Fsp3) is 1.00. The molecule has 1 fully saturated rings. The lowest BCUT2D eigenvalue weighted by Gasteiger charge is -2.40. The zero-order chi connectivity index (χ0) is 10.5. The van der Waals surface area contributed by atoms with Gasteiger partial charge in [0.2, 0.25) is 0 Å². The largest absolute Gasteiger partial charge is 0.413 e. The average Bonchev–Trinajstić information content (AvgIpc) is 2.08. The van der Waals surface area contributed by atoms with Crippen LogP contribution in [-0.4, -0.2) is 14.4 Å². The van der Waals surface area contributed by atoms with Crippen LogP contribution in [0.5, 0.6) is 0 Å². The molecule has 0 bridgehead atoms. The molecule has 1 atom stereocenters. The van der Waals surface area contributed by atoms with Crippen molar-refractivity contribution in [3.63, 3.8) is 0 Å². The van der Waals surface area contributed by atoms with E-state index in [0.29, 0.717) is 16.6 Å². The molecule has 13 heavy (non-hydrogen) atoms. The molecule has 0 aromatic heterocycles. The lowest BCUT2D eigenvalue weighted by Crippen LogP contribution is -2.40. The predicted molar refractivity (Wildman–Crippen MR) is 60.5 cm³/mol. The third-order valence-electron chi connectivity index (χ3n) is 4.73. The smallest absolute Gasteiger partial charge is 0.193 e. The molecule has 0 aromatic carbocycles. The lowest BCUT2D eigenvalue weighted by molar-refractivity contribution is 0.0974. The van der Waals surface area contributed by atoms with Gasteiger partial charge in [0.15, 0.2) is 8.32 Å². The molecule has 0 aromatic rings. The summed E-state index contributed by atoms with van der Waals surface area (Å²) in [5, 5.41) is 0.376. The third kappa shape index (κ3) is 1.30. The summed E-state index contributed by atoms with van der Waals surface area (Å²) >= 11 is 0. The van der Waals surface area contributed by atoms with E-state index in [0.717, 1.165) is 6.42 Å². The van der Waals surface area contributed by atoms with Crippen molar-refractivity contribution in [3.8, 4) is 0 Å². The molecule has 2 heteroatoms. The maximum atomic E-state index is 6.27. The highest BCUT2D eigenvalue weighted by atomic mass is 28.4. The van der Waals surface area contributed by atoms with Crippen molar-refractivity contribution in [2.45, 2.75) is 65.3 Å². The van der Waals surface area contributed by atoms with Crippen molar-refractivity contribution >= 4 is 8.32 Å². The SMILES string of the molecule is CCC1O[Si](C)(C)C(C)(C)C1(C)C. The van der Waals surface area contributed by atoms with Crippen molar-refractivity contribution in [2.75, 3.05) is 0 Å². The van der Waals surface area contributed by atoms with Gasteiger partial charge >= 0.3 is 0 Å². The Bertz CT molecular complexity index is 206.